The average molecular weight is 269 g/mol. The number of aromatic nitrogens is 1. The monoisotopic (exact) mass is 269 g/mol. The third-order valence-corrected chi connectivity index (χ3v) is 3.51. The SMILES string of the molecule is Cc1ccc(C(=O)Sc2nc3ccccc3o2)cc1. The lowest BCUT2D eigenvalue weighted by Gasteiger charge is -1.97. The summed E-state index contributed by atoms with van der Waals surface area (Å²) in [7, 11) is 0. The topological polar surface area (TPSA) is 43.1 Å². The standard InChI is InChI=1S/C15H11NO2S/c1-10-6-8-11(9-7-10)14(17)19-15-16-12-4-2-3-5-13(12)18-15/h2-9H,1H3. The third-order valence-electron chi connectivity index (χ3n) is 2.74. The van der Waals surface area contributed by atoms with E-state index in [0.29, 0.717) is 16.4 Å². The lowest BCUT2D eigenvalue weighted by Crippen LogP contribution is -1.92. The van der Waals surface area contributed by atoms with Crippen molar-refractivity contribution in [2.75, 3.05) is 0 Å². The maximum Gasteiger partial charge on any atom is 0.264 e. The first-order valence-corrected chi connectivity index (χ1v) is 6.68. The number of thioether (sulfide) groups is 1. The lowest BCUT2D eigenvalue weighted by atomic mass is 10.2. The van der Waals surface area contributed by atoms with Gasteiger partial charge in [0.25, 0.3) is 5.22 Å². The Hall–Kier alpha value is -2.07. The molecule has 0 atom stereocenters. The van der Waals surface area contributed by atoms with Crippen molar-refractivity contribution in [2.45, 2.75) is 12.1 Å². The van der Waals surface area contributed by atoms with Crippen molar-refractivity contribution in [1.29, 1.82) is 0 Å². The Balaban J connectivity index is 1.84. The Bertz CT molecular complexity index is 698. The van der Waals surface area contributed by atoms with Gasteiger partial charge in [0.05, 0.1) is 0 Å². The summed E-state index contributed by atoms with van der Waals surface area (Å²) >= 11 is 1.01. The van der Waals surface area contributed by atoms with Crippen molar-refractivity contribution in [3.05, 3.63) is 59.7 Å². The molecule has 19 heavy (non-hydrogen) atoms. The molecule has 0 unspecified atom stereocenters. The second-order valence-electron chi connectivity index (χ2n) is 4.20. The van der Waals surface area contributed by atoms with E-state index in [1.54, 1.807) is 0 Å². The van der Waals surface area contributed by atoms with Gasteiger partial charge in [-0.15, -0.1) is 0 Å². The van der Waals surface area contributed by atoms with Crippen LogP contribution in [0.15, 0.2) is 58.2 Å². The molecular formula is C15H11NO2S. The maximum atomic E-state index is 12.1. The number of nitrogens with zero attached hydrogens (tertiary/aromatic N) is 1. The van der Waals surface area contributed by atoms with Gasteiger partial charge in [-0.3, -0.25) is 4.79 Å². The van der Waals surface area contributed by atoms with E-state index < -0.39 is 0 Å². The number of rotatable bonds is 2. The van der Waals surface area contributed by atoms with Crippen LogP contribution in [0.5, 0.6) is 0 Å². The van der Waals surface area contributed by atoms with Gasteiger partial charge in [0, 0.05) is 17.3 Å². The van der Waals surface area contributed by atoms with Gasteiger partial charge in [-0.05, 0) is 19.1 Å². The van der Waals surface area contributed by atoms with E-state index in [2.05, 4.69) is 4.98 Å². The van der Waals surface area contributed by atoms with E-state index in [4.69, 9.17) is 4.42 Å². The fourth-order valence-electron chi connectivity index (χ4n) is 1.72. The predicted octanol–water partition coefficient (Wildman–Crippen LogP) is 4.07. The van der Waals surface area contributed by atoms with Crippen LogP contribution in [0.25, 0.3) is 11.1 Å². The van der Waals surface area contributed by atoms with Crippen LogP contribution in [0, 0.1) is 6.92 Å². The van der Waals surface area contributed by atoms with Crippen LogP contribution in [0.4, 0.5) is 0 Å². The zero-order valence-corrected chi connectivity index (χ0v) is 11.1. The molecule has 1 aromatic heterocycles. The summed E-state index contributed by atoms with van der Waals surface area (Å²) in [5.41, 5.74) is 3.24. The highest BCUT2D eigenvalue weighted by atomic mass is 32.2. The average Bonchev–Trinajstić information content (AvgIpc) is 2.81. The fraction of sp³-hybridized carbons (Fsp3) is 0.0667. The van der Waals surface area contributed by atoms with Crippen molar-refractivity contribution < 1.29 is 9.21 Å². The van der Waals surface area contributed by atoms with Crippen LogP contribution >= 0.6 is 11.8 Å². The van der Waals surface area contributed by atoms with Crippen LogP contribution in [-0.4, -0.2) is 10.1 Å². The Morgan fingerprint density at radius 1 is 1.11 bits per heavy atom. The molecular weight excluding hydrogens is 258 g/mol. The first-order chi connectivity index (χ1) is 9.22. The number of carbonyl (C=O) groups excluding carboxylic acids is 1. The molecule has 0 aliphatic heterocycles. The quantitative estimate of drug-likeness (QED) is 0.658. The molecule has 3 rings (SSSR count). The van der Waals surface area contributed by atoms with E-state index >= 15 is 0 Å². The van der Waals surface area contributed by atoms with Crippen LogP contribution in [0.1, 0.15) is 15.9 Å². The summed E-state index contributed by atoms with van der Waals surface area (Å²) in [6.07, 6.45) is 0. The van der Waals surface area contributed by atoms with Gasteiger partial charge in [-0.2, -0.15) is 0 Å². The summed E-state index contributed by atoms with van der Waals surface area (Å²) in [6.45, 7) is 1.99. The van der Waals surface area contributed by atoms with E-state index in [-0.39, 0.29) is 5.12 Å². The van der Waals surface area contributed by atoms with Crippen molar-refractivity contribution >= 4 is 28.0 Å². The minimum absolute atomic E-state index is 0.0634. The van der Waals surface area contributed by atoms with Gasteiger partial charge >= 0.3 is 0 Å². The molecule has 3 aromatic rings. The summed E-state index contributed by atoms with van der Waals surface area (Å²) in [4.78, 5) is 16.3. The fourth-order valence-corrected chi connectivity index (χ4v) is 2.41. The van der Waals surface area contributed by atoms with E-state index in [1.165, 1.54) is 0 Å². The molecule has 0 amide bonds. The predicted molar refractivity (Wildman–Crippen MR) is 75.4 cm³/mol. The van der Waals surface area contributed by atoms with E-state index in [0.717, 1.165) is 22.8 Å². The molecule has 0 fully saturated rings. The number of benzene rings is 2. The molecule has 0 aliphatic rings. The number of carbonyl (C=O) groups is 1. The molecule has 4 heteroatoms. The molecule has 0 aliphatic carbocycles. The molecule has 0 radical (unpaired) electrons. The molecule has 0 saturated heterocycles. The maximum absolute atomic E-state index is 12.1. The normalized spacial score (nSPS) is 10.8. The van der Waals surface area contributed by atoms with Gasteiger partial charge in [-0.1, -0.05) is 42.0 Å². The Morgan fingerprint density at radius 2 is 1.84 bits per heavy atom. The summed E-state index contributed by atoms with van der Waals surface area (Å²) in [5.74, 6) is 0. The highest BCUT2D eigenvalue weighted by Crippen LogP contribution is 2.26. The van der Waals surface area contributed by atoms with E-state index in [1.807, 2.05) is 55.5 Å². The number of hydrogen-bond donors (Lipinski definition) is 0. The Labute approximate surface area is 114 Å². The molecule has 0 spiro atoms. The first kappa shape index (κ1) is 12.0. The van der Waals surface area contributed by atoms with Crippen LogP contribution in [-0.2, 0) is 0 Å². The highest BCUT2D eigenvalue weighted by molar-refractivity contribution is 8.14. The van der Waals surface area contributed by atoms with Crippen molar-refractivity contribution in [3.8, 4) is 0 Å². The molecule has 0 N–H and O–H groups in total. The Morgan fingerprint density at radius 3 is 2.58 bits per heavy atom. The van der Waals surface area contributed by atoms with E-state index in [9.17, 15) is 4.79 Å². The zero-order valence-electron chi connectivity index (χ0n) is 10.3. The van der Waals surface area contributed by atoms with Crippen molar-refractivity contribution in [3.63, 3.8) is 0 Å². The van der Waals surface area contributed by atoms with Gasteiger partial charge < -0.3 is 4.42 Å². The third kappa shape index (κ3) is 2.53. The molecule has 0 saturated carbocycles. The molecule has 3 nitrogen and oxygen atoms in total. The Kier molecular flexibility index (Phi) is 3.09. The number of fused-ring (bicyclic) bond motifs is 1. The summed E-state index contributed by atoms with van der Waals surface area (Å²) in [6, 6.07) is 14.9. The molecule has 94 valence electrons. The first-order valence-electron chi connectivity index (χ1n) is 5.87. The van der Waals surface area contributed by atoms with Gasteiger partial charge in [0.2, 0.25) is 5.12 Å². The van der Waals surface area contributed by atoms with Crippen LogP contribution in [0.2, 0.25) is 0 Å². The van der Waals surface area contributed by atoms with Gasteiger partial charge in [0.1, 0.15) is 5.52 Å². The minimum atomic E-state index is -0.0634. The van der Waals surface area contributed by atoms with Crippen molar-refractivity contribution in [2.24, 2.45) is 0 Å². The highest BCUT2D eigenvalue weighted by Gasteiger charge is 2.13. The van der Waals surface area contributed by atoms with Crippen molar-refractivity contribution in [1.82, 2.24) is 4.98 Å². The second-order valence-corrected chi connectivity index (χ2v) is 5.13. The molecule has 0 bridgehead atoms. The number of para-hydroxylation sites is 2. The summed E-state index contributed by atoms with van der Waals surface area (Å²) < 4.78 is 5.51. The second kappa shape index (κ2) is 4.90. The molecule has 2 aromatic carbocycles. The van der Waals surface area contributed by atoms with Gasteiger partial charge in [0.15, 0.2) is 5.58 Å². The number of oxazole rings is 1. The minimum Gasteiger partial charge on any atom is -0.431 e. The zero-order chi connectivity index (χ0) is 13.2. The summed E-state index contributed by atoms with van der Waals surface area (Å²) in [5, 5.41) is 0.318. The largest absolute Gasteiger partial charge is 0.431 e. The van der Waals surface area contributed by atoms with Crippen LogP contribution in [0.3, 0.4) is 0 Å². The lowest BCUT2D eigenvalue weighted by molar-refractivity contribution is 0.108. The van der Waals surface area contributed by atoms with Gasteiger partial charge in [-0.25, -0.2) is 4.98 Å². The number of hydrogen-bond acceptors (Lipinski definition) is 4. The van der Waals surface area contributed by atoms with Crippen LogP contribution < -0.4 is 0 Å². The molecule has 1 heterocycles. The number of aryl methyl sites for hydroxylation is 1. The smallest absolute Gasteiger partial charge is 0.264 e.